The van der Waals surface area contributed by atoms with E-state index in [1.807, 2.05) is 0 Å². The summed E-state index contributed by atoms with van der Waals surface area (Å²) in [6.07, 6.45) is 1.46. The van der Waals surface area contributed by atoms with Crippen molar-refractivity contribution in [1.82, 2.24) is 4.98 Å². The second-order valence-corrected chi connectivity index (χ2v) is 7.96. The summed E-state index contributed by atoms with van der Waals surface area (Å²) < 4.78 is 27.6. The van der Waals surface area contributed by atoms with Crippen LogP contribution in [0.5, 0.6) is 0 Å². The van der Waals surface area contributed by atoms with Gasteiger partial charge in [0.15, 0.2) is 0 Å². The Morgan fingerprint density at radius 2 is 2.08 bits per heavy atom. The molecule has 0 aliphatic rings. The fraction of sp³-hybridized carbons (Fsp3) is 0.0667. The number of hydrogen-bond acceptors (Lipinski definition) is 7. The van der Waals surface area contributed by atoms with Crippen LogP contribution in [0, 0.1) is 17.0 Å². The number of carboxylic acids is 1. The first-order valence-corrected chi connectivity index (χ1v) is 9.39. The molecule has 3 aromatic rings. The van der Waals surface area contributed by atoms with Gasteiger partial charge in [0.05, 0.1) is 15.5 Å². The van der Waals surface area contributed by atoms with Gasteiger partial charge in [-0.2, -0.15) is 0 Å². The highest BCUT2D eigenvalue weighted by molar-refractivity contribution is 7.92. The Morgan fingerprint density at radius 1 is 1.35 bits per heavy atom. The first kappa shape index (κ1) is 17.8. The third-order valence-electron chi connectivity index (χ3n) is 3.58. The Balaban J connectivity index is 2.13. The Morgan fingerprint density at radius 3 is 2.73 bits per heavy atom. The number of thiophene rings is 1. The topological polar surface area (TPSA) is 140 Å². The average Bonchev–Trinajstić information content (AvgIpc) is 2.93. The number of hydrogen-bond donors (Lipinski definition) is 2. The molecule has 0 saturated carbocycles. The largest absolute Gasteiger partial charge is 0.477 e. The second-order valence-electron chi connectivity index (χ2n) is 5.28. The van der Waals surface area contributed by atoms with Gasteiger partial charge in [-0.25, -0.2) is 18.2 Å². The van der Waals surface area contributed by atoms with Crippen LogP contribution in [-0.4, -0.2) is 29.4 Å². The van der Waals surface area contributed by atoms with Crippen molar-refractivity contribution in [2.45, 2.75) is 11.8 Å². The minimum Gasteiger partial charge on any atom is -0.477 e. The van der Waals surface area contributed by atoms with Crippen LogP contribution in [0.1, 0.15) is 15.2 Å². The fourth-order valence-corrected chi connectivity index (χ4v) is 4.45. The van der Waals surface area contributed by atoms with Crippen LogP contribution in [-0.2, 0) is 10.0 Å². The van der Waals surface area contributed by atoms with Gasteiger partial charge in [0.2, 0.25) is 0 Å². The third kappa shape index (κ3) is 3.09. The number of carboxylic acid groups (broad SMARTS) is 1. The Labute approximate surface area is 151 Å². The van der Waals surface area contributed by atoms with Gasteiger partial charge in [0, 0.05) is 23.2 Å². The quantitative estimate of drug-likeness (QED) is 0.501. The summed E-state index contributed by atoms with van der Waals surface area (Å²) in [7, 11) is -4.24. The number of aryl methyl sites for hydroxylation is 1. The number of aromatic carboxylic acids is 1. The van der Waals surface area contributed by atoms with Gasteiger partial charge in [-0.05, 0) is 25.1 Å². The number of pyridine rings is 1. The smallest absolute Gasteiger partial charge is 0.348 e. The summed E-state index contributed by atoms with van der Waals surface area (Å²) in [6.45, 7) is 1.49. The van der Waals surface area contributed by atoms with Gasteiger partial charge in [0.1, 0.15) is 9.71 Å². The Kier molecular flexibility index (Phi) is 4.34. The summed E-state index contributed by atoms with van der Waals surface area (Å²) in [5.41, 5.74) is -0.151. The highest BCUT2D eigenvalue weighted by atomic mass is 32.2. The van der Waals surface area contributed by atoms with Crippen molar-refractivity contribution in [2.75, 3.05) is 4.72 Å². The van der Waals surface area contributed by atoms with Crippen molar-refractivity contribution < 1.29 is 23.2 Å². The van der Waals surface area contributed by atoms with Crippen LogP contribution in [0.3, 0.4) is 0 Å². The molecular weight excluding hydrogens is 382 g/mol. The van der Waals surface area contributed by atoms with Gasteiger partial charge in [-0.3, -0.25) is 14.8 Å². The van der Waals surface area contributed by atoms with Gasteiger partial charge in [0.25, 0.3) is 15.7 Å². The molecule has 0 saturated heterocycles. The zero-order valence-electron chi connectivity index (χ0n) is 13.2. The molecule has 26 heavy (non-hydrogen) atoms. The number of nitrogens with zero attached hydrogens (tertiary/aromatic N) is 2. The van der Waals surface area contributed by atoms with E-state index in [0.29, 0.717) is 15.8 Å². The summed E-state index contributed by atoms with van der Waals surface area (Å²) in [5.74, 6) is -1.31. The van der Waals surface area contributed by atoms with Gasteiger partial charge in [-0.15, -0.1) is 11.3 Å². The first-order valence-electron chi connectivity index (χ1n) is 7.09. The molecule has 3 rings (SSSR count). The molecule has 1 aromatic carbocycles. The lowest BCUT2D eigenvalue weighted by molar-refractivity contribution is -0.385. The molecule has 0 fully saturated rings. The maximum atomic E-state index is 12.7. The molecule has 11 heteroatoms. The number of rotatable bonds is 5. The molecule has 9 nitrogen and oxygen atoms in total. The fourth-order valence-electron chi connectivity index (χ4n) is 2.33. The van der Waals surface area contributed by atoms with E-state index < -0.39 is 20.9 Å². The van der Waals surface area contributed by atoms with E-state index in [9.17, 15) is 28.4 Å². The van der Waals surface area contributed by atoms with Crippen LogP contribution in [0.2, 0.25) is 0 Å². The van der Waals surface area contributed by atoms with E-state index in [0.717, 1.165) is 17.4 Å². The molecule has 0 bridgehead atoms. The molecule has 0 unspecified atom stereocenters. The monoisotopic (exact) mass is 393 g/mol. The number of carbonyl (C=O) groups is 1. The zero-order chi connectivity index (χ0) is 19.1. The van der Waals surface area contributed by atoms with E-state index in [2.05, 4.69) is 9.71 Å². The summed E-state index contributed by atoms with van der Waals surface area (Å²) in [6, 6.07) is 6.57. The lowest BCUT2D eigenvalue weighted by Crippen LogP contribution is -2.15. The van der Waals surface area contributed by atoms with Gasteiger partial charge < -0.3 is 5.11 Å². The van der Waals surface area contributed by atoms with E-state index >= 15 is 0 Å². The lowest BCUT2D eigenvalue weighted by atomic mass is 10.2. The molecule has 2 N–H and O–H groups in total. The molecular formula is C15H11N3O6S2. The molecule has 0 aliphatic heterocycles. The summed E-state index contributed by atoms with van der Waals surface area (Å²) >= 11 is 0.833. The highest BCUT2D eigenvalue weighted by Crippen LogP contribution is 2.36. The number of fused-ring (bicyclic) bond motifs is 1. The predicted octanol–water partition coefficient (Wildman–Crippen LogP) is 3.01. The third-order valence-corrected chi connectivity index (χ3v) is 6.03. The molecule has 134 valence electrons. The van der Waals surface area contributed by atoms with E-state index in [-0.39, 0.29) is 21.1 Å². The molecule has 0 amide bonds. The lowest BCUT2D eigenvalue weighted by Gasteiger charge is -2.09. The highest BCUT2D eigenvalue weighted by Gasteiger charge is 2.25. The number of anilines is 1. The van der Waals surface area contributed by atoms with E-state index in [4.69, 9.17) is 0 Å². The van der Waals surface area contributed by atoms with Crippen molar-refractivity contribution in [3.8, 4) is 0 Å². The molecule has 0 radical (unpaired) electrons. The van der Waals surface area contributed by atoms with Crippen LogP contribution in [0.15, 0.2) is 41.4 Å². The number of nitrogens with one attached hydrogen (secondary N) is 1. The van der Waals surface area contributed by atoms with Crippen molar-refractivity contribution in [2.24, 2.45) is 0 Å². The van der Waals surface area contributed by atoms with Crippen molar-refractivity contribution >= 4 is 48.9 Å². The molecule has 2 heterocycles. The van der Waals surface area contributed by atoms with Crippen LogP contribution in [0.4, 0.5) is 11.4 Å². The molecule has 0 spiro atoms. The van der Waals surface area contributed by atoms with Crippen molar-refractivity contribution in [3.63, 3.8) is 0 Å². The van der Waals surface area contributed by atoms with E-state index in [1.165, 1.54) is 25.3 Å². The SMILES string of the molecule is Cc1ccc(S(=O)(=O)Nc2c(C(=O)O)sc3ncccc23)cc1[N+](=O)[O-]. The maximum absolute atomic E-state index is 12.7. The van der Waals surface area contributed by atoms with Gasteiger partial charge in [-0.1, -0.05) is 6.07 Å². The van der Waals surface area contributed by atoms with Crippen LogP contribution >= 0.6 is 11.3 Å². The molecule has 2 aromatic heterocycles. The molecule has 0 aliphatic carbocycles. The predicted molar refractivity (Wildman–Crippen MR) is 95.2 cm³/mol. The minimum absolute atomic E-state index is 0.117. The maximum Gasteiger partial charge on any atom is 0.348 e. The minimum atomic E-state index is -4.24. The first-order chi connectivity index (χ1) is 12.2. The number of benzene rings is 1. The van der Waals surface area contributed by atoms with E-state index in [1.54, 1.807) is 12.1 Å². The van der Waals surface area contributed by atoms with Crippen molar-refractivity contribution in [1.29, 1.82) is 0 Å². The normalized spacial score (nSPS) is 11.4. The molecule has 0 atom stereocenters. The van der Waals surface area contributed by atoms with Crippen molar-refractivity contribution in [3.05, 3.63) is 57.1 Å². The standard InChI is InChI=1S/C15H11N3O6S2/c1-8-4-5-9(7-11(8)18(21)22)26(23,24)17-12-10-3-2-6-16-14(10)25-13(12)15(19)20/h2-7,17H,1H3,(H,19,20). The number of sulfonamides is 1. The summed E-state index contributed by atoms with van der Waals surface area (Å²) in [5, 5.41) is 20.7. The van der Waals surface area contributed by atoms with Gasteiger partial charge >= 0.3 is 5.97 Å². The Bertz CT molecular complexity index is 1150. The van der Waals surface area contributed by atoms with Crippen LogP contribution < -0.4 is 4.72 Å². The number of nitro groups is 1. The number of nitro benzene ring substituents is 1. The zero-order valence-corrected chi connectivity index (χ0v) is 14.8. The summed E-state index contributed by atoms with van der Waals surface area (Å²) in [4.78, 5) is 25.7. The van der Waals surface area contributed by atoms with Crippen LogP contribution in [0.25, 0.3) is 10.2 Å². The average molecular weight is 393 g/mol. The number of aromatic nitrogens is 1. The Hall–Kier alpha value is -3.05. The second kappa shape index (κ2) is 6.35.